The van der Waals surface area contributed by atoms with Crippen molar-refractivity contribution in [1.29, 1.82) is 0 Å². The van der Waals surface area contributed by atoms with Crippen molar-refractivity contribution >= 4 is 54.8 Å². The summed E-state index contributed by atoms with van der Waals surface area (Å²) in [6, 6.07) is 6.92. The quantitative estimate of drug-likeness (QED) is 0.472. The van der Waals surface area contributed by atoms with Crippen LogP contribution in [0.15, 0.2) is 30.5 Å². The third-order valence-corrected chi connectivity index (χ3v) is 12.1. The summed E-state index contributed by atoms with van der Waals surface area (Å²) < 4.78 is 34.9. The number of halogens is 1. The summed E-state index contributed by atoms with van der Waals surface area (Å²) in [6.45, 7) is 5.20. The van der Waals surface area contributed by atoms with Crippen LogP contribution in [-0.2, 0) is 21.4 Å². The second-order valence-corrected chi connectivity index (χ2v) is 15.6. The van der Waals surface area contributed by atoms with Gasteiger partial charge >= 0.3 is 0 Å². The number of amides is 1. The predicted molar refractivity (Wildman–Crippen MR) is 149 cm³/mol. The van der Waals surface area contributed by atoms with Crippen LogP contribution < -0.4 is 9.64 Å². The van der Waals surface area contributed by atoms with Crippen LogP contribution in [0.3, 0.4) is 0 Å². The van der Waals surface area contributed by atoms with E-state index in [1.165, 1.54) is 11.3 Å². The Labute approximate surface area is 231 Å². The molecule has 3 aliphatic rings. The fourth-order valence-corrected chi connectivity index (χ4v) is 9.03. The van der Waals surface area contributed by atoms with Crippen LogP contribution in [0.5, 0.6) is 5.75 Å². The summed E-state index contributed by atoms with van der Waals surface area (Å²) >= 11 is 7.99. The number of hydrogen-bond acceptors (Lipinski definition) is 7. The highest BCUT2D eigenvalue weighted by molar-refractivity contribution is 7.90. The molecule has 6 rings (SSSR count). The van der Waals surface area contributed by atoms with Gasteiger partial charge in [0.25, 0.3) is 5.91 Å². The summed E-state index contributed by atoms with van der Waals surface area (Å²) in [4.78, 5) is 20.6. The number of nitrogens with zero attached hydrogens (tertiary/aromatic N) is 3. The molecule has 38 heavy (non-hydrogen) atoms. The van der Waals surface area contributed by atoms with E-state index >= 15 is 0 Å². The molecule has 1 spiro atoms. The molecular formula is C27H30ClN3O5S2. The molecular weight excluding hydrogens is 546 g/mol. The first-order chi connectivity index (χ1) is 17.9. The standard InChI is InChI=1S/C27H30ClN3O5S2/c1-26(2,3)38(34,35)30-13-17(12-27(30)6-4-7-27)31-23(33)15-36-22-10-16(28)9-20(24(22)31)19-5-8-29-21-11-18(14-32)37-25(19)21/h5,8-11,17,32H,4,6-7,12-15H2,1-3H3. The Morgan fingerprint density at radius 1 is 1.24 bits per heavy atom. The number of ether oxygens (including phenoxy) is 1. The molecule has 1 amide bonds. The monoisotopic (exact) mass is 575 g/mol. The fraction of sp³-hybridized carbons (Fsp3) is 0.481. The Balaban J connectivity index is 1.50. The third kappa shape index (κ3) is 3.87. The van der Waals surface area contributed by atoms with Crippen LogP contribution in [0.2, 0.25) is 5.02 Å². The summed E-state index contributed by atoms with van der Waals surface area (Å²) in [5.74, 6) is 0.291. The van der Waals surface area contributed by atoms with Gasteiger partial charge in [-0.25, -0.2) is 8.42 Å². The molecule has 1 saturated heterocycles. The first-order valence-corrected chi connectivity index (χ1v) is 15.4. The minimum Gasteiger partial charge on any atom is -0.481 e. The molecule has 2 aromatic heterocycles. The maximum atomic E-state index is 13.7. The molecule has 3 aromatic rings. The van der Waals surface area contributed by atoms with Crippen LogP contribution in [-0.4, -0.2) is 58.2 Å². The maximum absolute atomic E-state index is 13.7. The smallest absolute Gasteiger partial charge is 0.265 e. The zero-order chi connectivity index (χ0) is 27.0. The minimum absolute atomic E-state index is 0.0932. The lowest BCUT2D eigenvalue weighted by Gasteiger charge is -2.46. The number of anilines is 1. The van der Waals surface area contributed by atoms with E-state index in [-0.39, 0.29) is 31.7 Å². The van der Waals surface area contributed by atoms with Gasteiger partial charge in [0.05, 0.1) is 33.3 Å². The Bertz CT molecular complexity index is 1560. The van der Waals surface area contributed by atoms with E-state index in [0.717, 1.165) is 45.5 Å². The highest BCUT2D eigenvalue weighted by Crippen LogP contribution is 2.53. The SMILES string of the molecule is CC(C)(C)S(=O)(=O)N1CC(N2C(=O)COc3cc(Cl)cc(-c4ccnc5cc(CO)sc45)c32)CC12CCC2. The van der Waals surface area contributed by atoms with Crippen molar-refractivity contribution in [1.82, 2.24) is 9.29 Å². The van der Waals surface area contributed by atoms with Gasteiger partial charge in [-0.2, -0.15) is 4.31 Å². The number of benzene rings is 1. The molecule has 4 heterocycles. The van der Waals surface area contributed by atoms with E-state index in [1.54, 1.807) is 42.2 Å². The lowest BCUT2D eigenvalue weighted by molar-refractivity contribution is -0.121. The number of aromatic nitrogens is 1. The van der Waals surface area contributed by atoms with E-state index in [1.807, 2.05) is 18.2 Å². The van der Waals surface area contributed by atoms with Gasteiger partial charge < -0.3 is 14.7 Å². The molecule has 11 heteroatoms. The van der Waals surface area contributed by atoms with Crippen molar-refractivity contribution in [3.05, 3.63) is 40.4 Å². The van der Waals surface area contributed by atoms with Gasteiger partial charge in [0.2, 0.25) is 10.0 Å². The molecule has 202 valence electrons. The van der Waals surface area contributed by atoms with Gasteiger partial charge in [0, 0.05) is 45.4 Å². The number of hydrogen-bond donors (Lipinski definition) is 1. The number of sulfonamides is 1. The number of pyridine rings is 1. The Morgan fingerprint density at radius 3 is 2.66 bits per heavy atom. The number of rotatable bonds is 4. The number of aliphatic hydroxyl groups excluding tert-OH is 1. The van der Waals surface area contributed by atoms with Crippen molar-refractivity contribution in [3.63, 3.8) is 0 Å². The van der Waals surface area contributed by atoms with Crippen LogP contribution in [0.25, 0.3) is 21.3 Å². The summed E-state index contributed by atoms with van der Waals surface area (Å²) in [6.07, 6.45) is 4.84. The van der Waals surface area contributed by atoms with Crippen LogP contribution >= 0.6 is 22.9 Å². The second-order valence-electron chi connectivity index (χ2n) is 11.4. The van der Waals surface area contributed by atoms with Crippen LogP contribution in [0, 0.1) is 0 Å². The number of fused-ring (bicyclic) bond motifs is 2. The largest absolute Gasteiger partial charge is 0.481 e. The highest BCUT2D eigenvalue weighted by Gasteiger charge is 2.58. The molecule has 1 saturated carbocycles. The van der Waals surface area contributed by atoms with Gasteiger partial charge in [0.1, 0.15) is 5.75 Å². The lowest BCUT2D eigenvalue weighted by Crippen LogP contribution is -2.56. The van der Waals surface area contributed by atoms with Gasteiger partial charge in [-0.1, -0.05) is 11.6 Å². The molecule has 1 N–H and O–H groups in total. The van der Waals surface area contributed by atoms with Crippen LogP contribution in [0.4, 0.5) is 5.69 Å². The number of thiophene rings is 1. The normalized spacial score (nSPS) is 21.6. The van der Waals surface area contributed by atoms with Gasteiger partial charge in [-0.3, -0.25) is 9.78 Å². The zero-order valence-corrected chi connectivity index (χ0v) is 23.9. The highest BCUT2D eigenvalue weighted by atomic mass is 35.5. The molecule has 1 atom stereocenters. The van der Waals surface area contributed by atoms with Crippen molar-refractivity contribution in [3.8, 4) is 16.9 Å². The molecule has 0 radical (unpaired) electrons. The number of carbonyl (C=O) groups excluding carboxylic acids is 1. The van der Waals surface area contributed by atoms with E-state index in [9.17, 15) is 18.3 Å². The molecule has 0 bridgehead atoms. The van der Waals surface area contributed by atoms with Crippen molar-refractivity contribution in [2.24, 2.45) is 0 Å². The molecule has 2 fully saturated rings. The van der Waals surface area contributed by atoms with Gasteiger partial charge in [-0.15, -0.1) is 11.3 Å². The first-order valence-electron chi connectivity index (χ1n) is 12.7. The van der Waals surface area contributed by atoms with Crippen molar-refractivity contribution < 1.29 is 23.1 Å². The maximum Gasteiger partial charge on any atom is 0.265 e. The zero-order valence-electron chi connectivity index (χ0n) is 21.5. The Kier molecular flexibility index (Phi) is 6.08. The summed E-state index contributed by atoms with van der Waals surface area (Å²) in [7, 11) is -3.60. The Hall–Kier alpha value is -2.24. The van der Waals surface area contributed by atoms with Crippen LogP contribution in [0.1, 0.15) is 51.3 Å². The first kappa shape index (κ1) is 26.0. The average molecular weight is 576 g/mol. The number of aliphatic hydroxyl groups is 1. The third-order valence-electron chi connectivity index (χ3n) is 8.04. The topological polar surface area (TPSA) is 100 Å². The lowest BCUT2D eigenvalue weighted by atomic mass is 9.75. The van der Waals surface area contributed by atoms with Gasteiger partial charge in [0.15, 0.2) is 6.61 Å². The number of carbonyl (C=O) groups is 1. The van der Waals surface area contributed by atoms with E-state index in [2.05, 4.69) is 4.98 Å². The molecule has 2 aliphatic heterocycles. The van der Waals surface area contributed by atoms with E-state index in [0.29, 0.717) is 22.9 Å². The summed E-state index contributed by atoms with van der Waals surface area (Å²) in [5, 5.41) is 10.2. The summed E-state index contributed by atoms with van der Waals surface area (Å²) in [5.41, 5.74) is 2.44. The molecule has 8 nitrogen and oxygen atoms in total. The van der Waals surface area contributed by atoms with E-state index in [4.69, 9.17) is 16.3 Å². The van der Waals surface area contributed by atoms with Gasteiger partial charge in [-0.05, 0) is 64.7 Å². The van der Waals surface area contributed by atoms with Crippen molar-refractivity contribution in [2.45, 2.75) is 69.4 Å². The molecule has 1 unspecified atom stereocenters. The Morgan fingerprint density at radius 2 is 2.00 bits per heavy atom. The average Bonchev–Trinajstić information content (AvgIpc) is 3.45. The van der Waals surface area contributed by atoms with E-state index < -0.39 is 20.3 Å². The predicted octanol–water partition coefficient (Wildman–Crippen LogP) is 4.96. The molecule has 1 aromatic carbocycles. The fourth-order valence-electron chi connectivity index (χ4n) is 6.02. The van der Waals surface area contributed by atoms with Crippen molar-refractivity contribution in [2.75, 3.05) is 18.1 Å². The second kappa shape index (κ2) is 8.89. The minimum atomic E-state index is -3.60. The molecule has 1 aliphatic carbocycles.